The molecule has 0 heterocycles. The molecule has 1 unspecified atom stereocenters. The third kappa shape index (κ3) is 1.40. The van der Waals surface area contributed by atoms with Crippen LogP contribution in [0.2, 0.25) is 0 Å². The van der Waals surface area contributed by atoms with Crippen molar-refractivity contribution in [2.75, 3.05) is 0 Å². The van der Waals surface area contributed by atoms with E-state index in [1.807, 2.05) is 0 Å². The molecule has 1 aliphatic rings. The maximum absolute atomic E-state index is 6.01. The standard InChI is InChI=1S/C8H15Cl/c1-3-4-8(5-6-8)7(2)9/h7H,3-6H2,1-2H3. The van der Waals surface area contributed by atoms with E-state index in [4.69, 9.17) is 11.6 Å². The van der Waals surface area contributed by atoms with E-state index in [1.54, 1.807) is 0 Å². The first-order valence-electron chi connectivity index (χ1n) is 3.85. The molecular weight excluding hydrogens is 132 g/mol. The second-order valence-corrected chi connectivity index (χ2v) is 3.88. The van der Waals surface area contributed by atoms with E-state index in [1.165, 1.54) is 25.7 Å². The van der Waals surface area contributed by atoms with Gasteiger partial charge in [-0.2, -0.15) is 0 Å². The topological polar surface area (TPSA) is 0 Å². The third-order valence-corrected chi connectivity index (χ3v) is 2.95. The Balaban J connectivity index is 2.33. The third-order valence-electron chi connectivity index (χ3n) is 2.48. The van der Waals surface area contributed by atoms with Gasteiger partial charge in [0.1, 0.15) is 0 Å². The van der Waals surface area contributed by atoms with Gasteiger partial charge in [-0.05, 0) is 31.6 Å². The van der Waals surface area contributed by atoms with Gasteiger partial charge in [0.05, 0.1) is 0 Å². The normalized spacial score (nSPS) is 25.7. The van der Waals surface area contributed by atoms with Gasteiger partial charge in [-0.3, -0.25) is 0 Å². The molecule has 0 aromatic heterocycles. The minimum absolute atomic E-state index is 0.400. The van der Waals surface area contributed by atoms with Crippen LogP contribution in [-0.2, 0) is 0 Å². The molecule has 0 saturated heterocycles. The van der Waals surface area contributed by atoms with Crippen LogP contribution < -0.4 is 0 Å². The summed E-state index contributed by atoms with van der Waals surface area (Å²) in [5, 5.41) is 0.400. The highest BCUT2D eigenvalue weighted by Gasteiger charge is 2.45. The number of hydrogen-bond acceptors (Lipinski definition) is 0. The van der Waals surface area contributed by atoms with Crippen molar-refractivity contribution in [1.82, 2.24) is 0 Å². The molecule has 0 aromatic carbocycles. The number of alkyl halides is 1. The van der Waals surface area contributed by atoms with Gasteiger partial charge in [-0.15, -0.1) is 11.6 Å². The zero-order valence-electron chi connectivity index (χ0n) is 6.28. The first kappa shape index (κ1) is 7.40. The van der Waals surface area contributed by atoms with Crippen molar-refractivity contribution < 1.29 is 0 Å². The molecule has 1 rings (SSSR count). The van der Waals surface area contributed by atoms with Gasteiger partial charge in [0.15, 0.2) is 0 Å². The Morgan fingerprint density at radius 2 is 2.11 bits per heavy atom. The highest BCUT2D eigenvalue weighted by Crippen LogP contribution is 2.54. The first-order chi connectivity index (χ1) is 4.21. The van der Waals surface area contributed by atoms with Crippen molar-refractivity contribution in [2.24, 2.45) is 5.41 Å². The number of rotatable bonds is 3. The van der Waals surface area contributed by atoms with Gasteiger partial charge in [-0.25, -0.2) is 0 Å². The Labute approximate surface area is 62.6 Å². The molecule has 9 heavy (non-hydrogen) atoms. The van der Waals surface area contributed by atoms with E-state index in [-0.39, 0.29) is 0 Å². The molecule has 0 aromatic rings. The van der Waals surface area contributed by atoms with Gasteiger partial charge in [0.2, 0.25) is 0 Å². The lowest BCUT2D eigenvalue weighted by Gasteiger charge is -2.15. The van der Waals surface area contributed by atoms with E-state index >= 15 is 0 Å². The van der Waals surface area contributed by atoms with E-state index in [0.717, 1.165) is 0 Å². The van der Waals surface area contributed by atoms with Crippen LogP contribution in [0.3, 0.4) is 0 Å². The minimum atomic E-state index is 0.400. The molecule has 1 saturated carbocycles. The van der Waals surface area contributed by atoms with Crippen LogP contribution in [0.4, 0.5) is 0 Å². The summed E-state index contributed by atoms with van der Waals surface area (Å²) >= 11 is 6.01. The quantitative estimate of drug-likeness (QED) is 0.537. The summed E-state index contributed by atoms with van der Waals surface area (Å²) in [5.41, 5.74) is 0.566. The summed E-state index contributed by atoms with van der Waals surface area (Å²) in [5.74, 6) is 0. The maximum atomic E-state index is 6.01. The first-order valence-corrected chi connectivity index (χ1v) is 4.29. The summed E-state index contributed by atoms with van der Waals surface area (Å²) < 4.78 is 0. The molecule has 54 valence electrons. The van der Waals surface area contributed by atoms with Crippen molar-refractivity contribution >= 4 is 11.6 Å². The highest BCUT2D eigenvalue weighted by atomic mass is 35.5. The lowest BCUT2D eigenvalue weighted by atomic mass is 9.97. The van der Waals surface area contributed by atoms with Gasteiger partial charge < -0.3 is 0 Å². The average molecular weight is 147 g/mol. The summed E-state index contributed by atoms with van der Waals surface area (Å²) in [7, 11) is 0. The number of halogens is 1. The van der Waals surface area contributed by atoms with Crippen LogP contribution in [0.15, 0.2) is 0 Å². The Morgan fingerprint density at radius 1 is 1.56 bits per heavy atom. The SMILES string of the molecule is CCCC1(C(C)Cl)CC1. The van der Waals surface area contributed by atoms with Crippen molar-refractivity contribution in [3.05, 3.63) is 0 Å². The van der Waals surface area contributed by atoms with E-state index < -0.39 is 0 Å². The average Bonchev–Trinajstić information content (AvgIpc) is 2.49. The summed E-state index contributed by atoms with van der Waals surface area (Å²) in [6, 6.07) is 0. The van der Waals surface area contributed by atoms with Crippen LogP contribution in [0.1, 0.15) is 39.5 Å². The molecule has 0 radical (unpaired) electrons. The minimum Gasteiger partial charge on any atom is -0.123 e. The van der Waals surface area contributed by atoms with Crippen LogP contribution in [-0.4, -0.2) is 5.38 Å². The summed E-state index contributed by atoms with van der Waals surface area (Å²) in [4.78, 5) is 0. The zero-order valence-corrected chi connectivity index (χ0v) is 7.04. The molecule has 1 aliphatic carbocycles. The van der Waals surface area contributed by atoms with Crippen molar-refractivity contribution in [1.29, 1.82) is 0 Å². The monoisotopic (exact) mass is 146 g/mol. The van der Waals surface area contributed by atoms with E-state index in [0.29, 0.717) is 10.8 Å². The molecular formula is C8H15Cl. The fourth-order valence-electron chi connectivity index (χ4n) is 1.51. The molecule has 0 spiro atoms. The lowest BCUT2D eigenvalue weighted by Crippen LogP contribution is -2.11. The largest absolute Gasteiger partial charge is 0.123 e. The van der Waals surface area contributed by atoms with Crippen molar-refractivity contribution in [2.45, 2.75) is 44.9 Å². The highest BCUT2D eigenvalue weighted by molar-refractivity contribution is 6.21. The molecule has 0 bridgehead atoms. The zero-order chi connectivity index (χ0) is 6.91. The Morgan fingerprint density at radius 3 is 2.22 bits per heavy atom. The van der Waals surface area contributed by atoms with Crippen molar-refractivity contribution in [3.8, 4) is 0 Å². The van der Waals surface area contributed by atoms with Crippen LogP contribution in [0, 0.1) is 5.41 Å². The second-order valence-electron chi connectivity index (χ2n) is 3.23. The predicted octanol–water partition coefficient (Wildman–Crippen LogP) is 3.19. The molecule has 1 fully saturated rings. The Hall–Kier alpha value is 0.290. The lowest BCUT2D eigenvalue weighted by molar-refractivity contribution is 0.451. The molecule has 0 N–H and O–H groups in total. The fraction of sp³-hybridized carbons (Fsp3) is 1.00. The van der Waals surface area contributed by atoms with Crippen LogP contribution in [0.5, 0.6) is 0 Å². The predicted molar refractivity (Wildman–Crippen MR) is 41.9 cm³/mol. The van der Waals surface area contributed by atoms with Gasteiger partial charge in [0.25, 0.3) is 0 Å². The van der Waals surface area contributed by atoms with Gasteiger partial charge in [0, 0.05) is 5.38 Å². The molecule has 0 nitrogen and oxygen atoms in total. The molecule has 1 heteroatoms. The molecule has 0 aliphatic heterocycles. The van der Waals surface area contributed by atoms with Crippen molar-refractivity contribution in [3.63, 3.8) is 0 Å². The van der Waals surface area contributed by atoms with E-state index in [9.17, 15) is 0 Å². The maximum Gasteiger partial charge on any atom is 0.0364 e. The Bertz CT molecular complexity index is 92.7. The second kappa shape index (κ2) is 2.49. The summed E-state index contributed by atoms with van der Waals surface area (Å²) in [6.07, 6.45) is 5.35. The van der Waals surface area contributed by atoms with Gasteiger partial charge >= 0.3 is 0 Å². The van der Waals surface area contributed by atoms with Gasteiger partial charge in [-0.1, -0.05) is 13.3 Å². The molecule has 1 atom stereocenters. The smallest absolute Gasteiger partial charge is 0.0364 e. The van der Waals surface area contributed by atoms with Crippen LogP contribution in [0.25, 0.3) is 0 Å². The van der Waals surface area contributed by atoms with E-state index in [2.05, 4.69) is 13.8 Å². The number of hydrogen-bond donors (Lipinski definition) is 0. The molecule has 0 amide bonds. The summed E-state index contributed by atoms with van der Waals surface area (Å²) in [6.45, 7) is 4.36. The van der Waals surface area contributed by atoms with Crippen LogP contribution >= 0.6 is 11.6 Å². The Kier molecular flexibility index (Phi) is 2.05. The fourth-order valence-corrected chi connectivity index (χ4v) is 1.83.